The fraction of sp³-hybridized carbons (Fsp3) is 0.538. The average molecular weight is 1070 g/mol. The fourth-order valence-corrected chi connectivity index (χ4v) is 29.0. The van der Waals surface area contributed by atoms with Gasteiger partial charge in [0, 0.05) is 0 Å². The second kappa shape index (κ2) is 25.8. The summed E-state index contributed by atoms with van der Waals surface area (Å²) in [6.45, 7) is 57.0. The first kappa shape index (κ1) is 62.5. The average Bonchev–Trinajstić information content (AvgIpc) is 3.15. The van der Waals surface area contributed by atoms with Crippen molar-refractivity contribution in [2.75, 3.05) is 0 Å². The van der Waals surface area contributed by atoms with Crippen LogP contribution in [0, 0.1) is 133 Å². The molecule has 0 aromatic rings. The van der Waals surface area contributed by atoms with Gasteiger partial charge in [0.25, 0.3) is 8.07 Å². The molecule has 0 aromatic heterocycles. The van der Waals surface area contributed by atoms with Crippen molar-refractivity contribution in [2.45, 2.75) is 183 Å². The summed E-state index contributed by atoms with van der Waals surface area (Å²) >= 11 is 0. The Hall–Kier alpha value is -2.46. The lowest BCUT2D eigenvalue weighted by Crippen LogP contribution is -2.34. The van der Waals surface area contributed by atoms with E-state index in [1.807, 2.05) is 0 Å². The van der Waals surface area contributed by atoms with E-state index < -0.39 is 107 Å². The van der Waals surface area contributed by atoms with Crippen LogP contribution < -0.4 is 0 Å². The Bertz CT molecular complexity index is 2130. The van der Waals surface area contributed by atoms with Gasteiger partial charge in [0.2, 0.25) is 24.2 Å². The molecule has 3 radical (unpaired) electrons. The molecule has 0 fully saturated rings. The highest BCUT2D eigenvalue weighted by molar-refractivity contribution is 7.06. The molecule has 0 rings (SSSR count). The van der Waals surface area contributed by atoms with Gasteiger partial charge in [0.15, 0.2) is 0 Å². The third-order valence-electron chi connectivity index (χ3n) is 8.65. The van der Waals surface area contributed by atoms with Crippen LogP contribution in [0.25, 0.3) is 0 Å². The topological polar surface area (TPSA) is 0 Å². The van der Waals surface area contributed by atoms with E-state index in [2.05, 4.69) is 298 Å². The lowest BCUT2D eigenvalue weighted by atomic mass is 11.0. The Kier molecular flexibility index (Phi) is 24.8. The van der Waals surface area contributed by atoms with Crippen LogP contribution in [-0.4, -0.2) is 107 Å². The van der Waals surface area contributed by atoms with Gasteiger partial charge in [-0.05, 0) is 44.3 Å². The maximum Gasteiger partial charge on any atom is 0.315 e. The quantitative estimate of drug-likeness (QED) is 0.195. The summed E-state index contributed by atoms with van der Waals surface area (Å²) in [6, 6.07) is 2.75. The van der Waals surface area contributed by atoms with Gasteiger partial charge in [0.1, 0.15) is 48.4 Å². The third-order valence-corrected chi connectivity index (χ3v) is 30.5. The first-order valence-corrected chi connectivity index (χ1v) is 59.3. The summed E-state index contributed by atoms with van der Waals surface area (Å²) in [7, 11) is -23.8. The van der Waals surface area contributed by atoms with Gasteiger partial charge in [-0.25, -0.2) is 0 Å². The van der Waals surface area contributed by atoms with Crippen LogP contribution in [0.15, 0.2) is 0 Å². The summed E-state index contributed by atoms with van der Waals surface area (Å²) < 4.78 is 0. The molecule has 0 bridgehead atoms. The molecule has 0 nitrogen and oxygen atoms in total. The summed E-state index contributed by atoms with van der Waals surface area (Å²) in [4.78, 5) is 0. The lowest BCUT2D eigenvalue weighted by Gasteiger charge is -2.15. The first-order valence-electron chi connectivity index (χ1n) is 23.2. The molecule has 3 atom stereocenters. The third kappa shape index (κ3) is 32.8. The maximum atomic E-state index is 3.84. The molecule has 0 aliphatic rings. The molecule has 0 amide bonds. The van der Waals surface area contributed by atoms with Gasteiger partial charge in [-0.3, -0.25) is 0 Å². The van der Waals surface area contributed by atoms with Gasteiger partial charge >= 0.3 is 26.4 Å². The Morgan fingerprint density at radius 3 is 0.508 bits per heavy atom. The van der Waals surface area contributed by atoms with Crippen LogP contribution in [0.5, 0.6) is 0 Å². The Morgan fingerprint density at radius 2 is 0.369 bits per heavy atom. The molecule has 0 aromatic carbocycles. The fourth-order valence-electron chi connectivity index (χ4n) is 3.89. The van der Waals surface area contributed by atoms with Crippen LogP contribution in [0.2, 0.25) is 162 Å². The van der Waals surface area contributed by atoms with Crippen molar-refractivity contribution in [1.82, 2.24) is 0 Å². The highest BCUT2D eigenvalue weighted by Gasteiger charge is 2.29. The molecule has 0 aliphatic carbocycles. The molecule has 0 aliphatic heterocycles. The van der Waals surface area contributed by atoms with Crippen molar-refractivity contribution < 1.29 is 0 Å². The zero-order chi connectivity index (χ0) is 50.8. The Labute approximate surface area is 419 Å². The van der Waals surface area contributed by atoms with Crippen LogP contribution >= 0.6 is 0 Å². The highest BCUT2D eigenvalue weighted by atomic mass is 28.3. The minimum absolute atomic E-state index is 0.916. The normalized spacial score (nSPS) is 14.8. The predicted octanol–water partition coefficient (Wildman–Crippen LogP) is 10.9. The van der Waals surface area contributed by atoms with E-state index in [0.717, 1.165) is 18.1 Å². The minimum atomic E-state index is -2.83. The van der Waals surface area contributed by atoms with Gasteiger partial charge in [0.05, 0.1) is 0 Å². The molecule has 341 valence electrons. The SMILES string of the molecule is CC[Si](C)(C#C[Si](C#C[Si](C)(C)C)C#C[Si](C)(C)C)C#C[Si](C)(C#C[Si](C)(C#C[Si](C#C[Si](C)(C)C)C#C[Si](C)(C)C)CC)C#C[Si](C)(C#C[Si](C#C[Si](C)(C)C)C#C[Si](C)(C)C)CC. The summed E-state index contributed by atoms with van der Waals surface area (Å²) in [5.74, 6) is 0. The van der Waals surface area contributed by atoms with E-state index in [-0.39, 0.29) is 0 Å². The minimum Gasteiger partial charge on any atom is -0.137 e. The van der Waals surface area contributed by atoms with E-state index in [9.17, 15) is 0 Å². The molecule has 0 saturated carbocycles. The van der Waals surface area contributed by atoms with Gasteiger partial charge in [-0.2, -0.15) is 0 Å². The van der Waals surface area contributed by atoms with Crippen LogP contribution in [0.1, 0.15) is 20.8 Å². The predicted molar refractivity (Wildman–Crippen MR) is 329 cm³/mol. The lowest BCUT2D eigenvalue weighted by molar-refractivity contribution is 1.41. The molecule has 0 heterocycles. The van der Waals surface area contributed by atoms with Gasteiger partial charge in [-0.1, -0.05) is 139 Å². The summed E-state index contributed by atoms with van der Waals surface area (Å²) in [5, 5.41) is 0. The van der Waals surface area contributed by atoms with Crippen LogP contribution in [-0.2, 0) is 0 Å². The molecule has 0 saturated heterocycles. The molecule has 0 spiro atoms. The Morgan fingerprint density at radius 1 is 0.215 bits per heavy atom. The first-order chi connectivity index (χ1) is 29.2. The molecular weight excluding hydrogens is 990 g/mol. The van der Waals surface area contributed by atoms with E-state index in [0.29, 0.717) is 0 Å². The smallest absolute Gasteiger partial charge is 0.137 e. The molecule has 3 unspecified atom stereocenters. The van der Waals surface area contributed by atoms with Crippen molar-refractivity contribution in [1.29, 1.82) is 0 Å². The van der Waals surface area contributed by atoms with Crippen molar-refractivity contribution >= 4 is 107 Å². The van der Waals surface area contributed by atoms with E-state index >= 15 is 0 Å². The number of rotatable bonds is 3. The van der Waals surface area contributed by atoms with Gasteiger partial charge < -0.3 is 0 Å². The second-order valence-electron chi connectivity index (χ2n) is 23.8. The number of hydrogen-bond donors (Lipinski definition) is 0. The van der Waals surface area contributed by atoms with Crippen molar-refractivity contribution in [2.24, 2.45) is 0 Å². The second-order valence-corrected chi connectivity index (χ2v) is 71.4. The highest BCUT2D eigenvalue weighted by Crippen LogP contribution is 2.13. The van der Waals surface area contributed by atoms with Crippen molar-refractivity contribution in [3.8, 4) is 133 Å². The summed E-state index contributed by atoms with van der Waals surface area (Å²) in [5.41, 5.74) is 88.3. The molecular formula is C52H81Si13. The standard InChI is InChI=1S/C52H81Si13/c1-26-62(22,44-35-53(29-38-56(4,5)6)30-39-57(7,8)9)47-50-65(25,51-48-63(23,27-2)45-36-54(31-40-58(10,11)12)32-41-59(13,14)15)52-49-64(24,28-3)46-37-55(33-42-60(16,17)18)34-43-61(19,20)21/h26-28H2,1-25H3. The van der Waals surface area contributed by atoms with E-state index in [1.54, 1.807) is 0 Å². The zero-order valence-corrected chi connectivity index (χ0v) is 58.6. The van der Waals surface area contributed by atoms with E-state index in [4.69, 9.17) is 0 Å². The Balaban J connectivity index is 8.26. The van der Waals surface area contributed by atoms with Gasteiger partial charge in [-0.15, -0.1) is 133 Å². The maximum absolute atomic E-state index is 3.84. The monoisotopic (exact) mass is 1070 g/mol. The van der Waals surface area contributed by atoms with E-state index in [1.165, 1.54) is 0 Å². The molecule has 0 N–H and O–H groups in total. The van der Waals surface area contributed by atoms with Crippen LogP contribution in [0.4, 0.5) is 0 Å². The molecule has 65 heavy (non-hydrogen) atoms. The largest absolute Gasteiger partial charge is 0.315 e. The summed E-state index contributed by atoms with van der Waals surface area (Å²) in [6.07, 6.45) is 0. The van der Waals surface area contributed by atoms with Crippen molar-refractivity contribution in [3.63, 3.8) is 0 Å². The molecule has 13 heteroatoms. The number of hydrogen-bond acceptors (Lipinski definition) is 0. The zero-order valence-electron chi connectivity index (χ0n) is 45.6. The van der Waals surface area contributed by atoms with Crippen LogP contribution in [0.3, 0.4) is 0 Å². The van der Waals surface area contributed by atoms with Crippen molar-refractivity contribution in [3.05, 3.63) is 0 Å².